The van der Waals surface area contributed by atoms with Gasteiger partial charge in [0, 0.05) is 19.1 Å². The Balaban J connectivity index is 2.22. The molecule has 1 heterocycles. The lowest BCUT2D eigenvalue weighted by molar-refractivity contribution is -0.137. The Morgan fingerprint density at radius 3 is 2.52 bits per heavy atom. The van der Waals surface area contributed by atoms with Crippen molar-refractivity contribution in [2.45, 2.75) is 52.0 Å². The summed E-state index contributed by atoms with van der Waals surface area (Å²) in [6, 6.07) is -0.552. The van der Waals surface area contributed by atoms with Gasteiger partial charge in [-0.25, -0.2) is 4.79 Å². The van der Waals surface area contributed by atoms with E-state index < -0.39 is 5.97 Å². The molecule has 0 spiro atoms. The van der Waals surface area contributed by atoms with Crippen LogP contribution in [0.2, 0.25) is 0 Å². The fourth-order valence-corrected chi connectivity index (χ4v) is 2.76. The molecule has 0 bridgehead atoms. The summed E-state index contributed by atoms with van der Waals surface area (Å²) >= 11 is 0. The molecule has 6 nitrogen and oxygen atoms in total. The largest absolute Gasteiger partial charge is 0.481 e. The second-order valence-electron chi connectivity index (χ2n) is 6.05. The van der Waals surface area contributed by atoms with Crippen LogP contribution < -0.4 is 10.6 Å². The summed E-state index contributed by atoms with van der Waals surface area (Å²) < 4.78 is 0. The number of aliphatic carboxylic acids is 1. The van der Waals surface area contributed by atoms with Crippen molar-refractivity contribution < 1.29 is 14.7 Å². The van der Waals surface area contributed by atoms with Crippen LogP contribution in [0.5, 0.6) is 0 Å². The third kappa shape index (κ3) is 7.90. The number of likely N-dealkylation sites (tertiary alicyclic amines) is 1. The van der Waals surface area contributed by atoms with Gasteiger partial charge in [0.05, 0.1) is 6.42 Å². The van der Waals surface area contributed by atoms with Crippen molar-refractivity contribution >= 4 is 12.0 Å². The van der Waals surface area contributed by atoms with E-state index in [4.69, 9.17) is 5.11 Å². The molecule has 6 heteroatoms. The quantitative estimate of drug-likeness (QED) is 0.605. The molecule has 0 aromatic heterocycles. The summed E-state index contributed by atoms with van der Waals surface area (Å²) in [6.45, 7) is 8.05. The summed E-state index contributed by atoms with van der Waals surface area (Å²) in [4.78, 5) is 25.0. The number of urea groups is 1. The highest BCUT2D eigenvalue weighted by atomic mass is 16.4. The van der Waals surface area contributed by atoms with Gasteiger partial charge in [-0.3, -0.25) is 4.79 Å². The van der Waals surface area contributed by atoms with Gasteiger partial charge in [-0.2, -0.15) is 0 Å². The highest BCUT2D eigenvalue weighted by molar-refractivity contribution is 5.75. The van der Waals surface area contributed by atoms with Crippen molar-refractivity contribution in [3.05, 3.63) is 0 Å². The maximum Gasteiger partial charge on any atom is 0.315 e. The second-order valence-corrected chi connectivity index (χ2v) is 6.05. The molecule has 1 rings (SSSR count). The number of nitrogens with zero attached hydrogens (tertiary/aromatic N) is 1. The van der Waals surface area contributed by atoms with Gasteiger partial charge in [-0.15, -0.1) is 0 Å². The van der Waals surface area contributed by atoms with Crippen molar-refractivity contribution in [2.75, 3.05) is 26.2 Å². The van der Waals surface area contributed by atoms with E-state index in [0.717, 1.165) is 26.1 Å². The second kappa shape index (κ2) is 9.60. The van der Waals surface area contributed by atoms with Crippen LogP contribution in [0.15, 0.2) is 0 Å². The van der Waals surface area contributed by atoms with Gasteiger partial charge >= 0.3 is 12.0 Å². The number of hydrogen-bond acceptors (Lipinski definition) is 3. The van der Waals surface area contributed by atoms with Crippen LogP contribution in [0.1, 0.15) is 46.0 Å². The topological polar surface area (TPSA) is 81.7 Å². The Bertz CT molecular complexity index is 330. The minimum Gasteiger partial charge on any atom is -0.481 e. The predicted molar refractivity (Wildman–Crippen MR) is 82.3 cm³/mol. The lowest BCUT2D eigenvalue weighted by Gasteiger charge is -2.21. The fraction of sp³-hybridized carbons (Fsp3) is 0.867. The molecule has 0 aliphatic carbocycles. The molecular formula is C15H29N3O3. The third-order valence-corrected chi connectivity index (χ3v) is 3.77. The standard InChI is InChI=1S/C15H29N3O3/c1-3-6-13(9-14(19)20)17-15(21)16-10-12(2)11-18-7-4-5-8-18/h12-13H,3-11H2,1-2H3,(H,19,20)(H2,16,17,21). The van der Waals surface area contributed by atoms with Crippen LogP contribution >= 0.6 is 0 Å². The van der Waals surface area contributed by atoms with Gasteiger partial charge in [-0.05, 0) is 38.3 Å². The first-order valence-corrected chi connectivity index (χ1v) is 7.99. The van der Waals surface area contributed by atoms with Crippen molar-refractivity contribution in [1.82, 2.24) is 15.5 Å². The van der Waals surface area contributed by atoms with Gasteiger partial charge in [-0.1, -0.05) is 20.3 Å². The SMILES string of the molecule is CCCC(CC(=O)O)NC(=O)NCC(C)CN1CCCC1. The molecule has 122 valence electrons. The Hall–Kier alpha value is -1.30. The van der Waals surface area contributed by atoms with E-state index in [9.17, 15) is 9.59 Å². The normalized spacial score (nSPS) is 18.2. The lowest BCUT2D eigenvalue weighted by Crippen LogP contribution is -2.45. The maximum absolute atomic E-state index is 11.8. The molecule has 3 N–H and O–H groups in total. The molecule has 2 unspecified atom stereocenters. The van der Waals surface area contributed by atoms with E-state index in [1.165, 1.54) is 12.8 Å². The Labute approximate surface area is 127 Å². The zero-order valence-corrected chi connectivity index (χ0v) is 13.2. The van der Waals surface area contributed by atoms with Gasteiger partial charge in [0.15, 0.2) is 0 Å². The fourth-order valence-electron chi connectivity index (χ4n) is 2.76. The molecule has 0 saturated carbocycles. The predicted octanol–water partition coefficient (Wildman–Crippen LogP) is 1.66. The molecule has 0 aromatic rings. The highest BCUT2D eigenvalue weighted by Gasteiger charge is 2.17. The number of carboxylic acid groups (broad SMARTS) is 1. The lowest BCUT2D eigenvalue weighted by atomic mass is 10.1. The van der Waals surface area contributed by atoms with Gasteiger partial charge in [0.25, 0.3) is 0 Å². The maximum atomic E-state index is 11.8. The van der Waals surface area contributed by atoms with Gasteiger partial charge < -0.3 is 20.6 Å². The smallest absolute Gasteiger partial charge is 0.315 e. The molecule has 1 saturated heterocycles. The zero-order valence-electron chi connectivity index (χ0n) is 13.2. The Morgan fingerprint density at radius 1 is 1.29 bits per heavy atom. The molecule has 1 aliphatic heterocycles. The number of carbonyl (C=O) groups is 2. The minimum atomic E-state index is -0.879. The van der Waals surface area contributed by atoms with E-state index in [-0.39, 0.29) is 18.5 Å². The van der Waals surface area contributed by atoms with Gasteiger partial charge in [0.2, 0.25) is 0 Å². The van der Waals surface area contributed by atoms with Crippen molar-refractivity contribution in [3.63, 3.8) is 0 Å². The zero-order chi connectivity index (χ0) is 15.7. The summed E-state index contributed by atoms with van der Waals surface area (Å²) in [5.41, 5.74) is 0. The van der Waals surface area contributed by atoms with Gasteiger partial charge in [0.1, 0.15) is 0 Å². The average Bonchev–Trinajstić information content (AvgIpc) is 2.88. The summed E-state index contributed by atoms with van der Waals surface area (Å²) in [7, 11) is 0. The highest BCUT2D eigenvalue weighted by Crippen LogP contribution is 2.09. The van der Waals surface area contributed by atoms with Crippen LogP contribution in [0.4, 0.5) is 4.79 Å². The third-order valence-electron chi connectivity index (χ3n) is 3.77. The van der Waals surface area contributed by atoms with E-state index in [1.807, 2.05) is 6.92 Å². The van der Waals surface area contributed by atoms with Crippen molar-refractivity contribution in [1.29, 1.82) is 0 Å². The van der Waals surface area contributed by atoms with Crippen molar-refractivity contribution in [3.8, 4) is 0 Å². The molecule has 2 amide bonds. The van der Waals surface area contributed by atoms with E-state index >= 15 is 0 Å². The first-order chi connectivity index (χ1) is 10.0. The van der Waals surface area contributed by atoms with Crippen LogP contribution in [-0.2, 0) is 4.79 Å². The molecule has 2 atom stereocenters. The number of carboxylic acids is 1. The monoisotopic (exact) mass is 299 g/mol. The molecule has 1 fully saturated rings. The minimum absolute atomic E-state index is 0.0232. The molecule has 21 heavy (non-hydrogen) atoms. The number of amides is 2. The molecule has 1 aliphatic rings. The van der Waals surface area contributed by atoms with Crippen LogP contribution in [0.3, 0.4) is 0 Å². The summed E-state index contributed by atoms with van der Waals surface area (Å²) in [5, 5.41) is 14.4. The molecule has 0 aromatic carbocycles. The number of hydrogen-bond donors (Lipinski definition) is 3. The number of carbonyl (C=O) groups excluding carboxylic acids is 1. The number of nitrogens with one attached hydrogen (secondary N) is 2. The Kier molecular flexibility index (Phi) is 8.12. The van der Waals surface area contributed by atoms with E-state index in [0.29, 0.717) is 18.9 Å². The summed E-state index contributed by atoms with van der Waals surface area (Å²) in [5.74, 6) is -0.478. The number of rotatable bonds is 9. The van der Waals surface area contributed by atoms with E-state index in [1.54, 1.807) is 0 Å². The van der Waals surface area contributed by atoms with Crippen molar-refractivity contribution in [2.24, 2.45) is 5.92 Å². The summed E-state index contributed by atoms with van der Waals surface area (Å²) in [6.07, 6.45) is 4.06. The Morgan fingerprint density at radius 2 is 1.95 bits per heavy atom. The van der Waals surface area contributed by atoms with Crippen LogP contribution in [0.25, 0.3) is 0 Å². The first kappa shape index (κ1) is 17.8. The van der Waals surface area contributed by atoms with Crippen LogP contribution in [0, 0.1) is 5.92 Å². The molecule has 0 radical (unpaired) electrons. The molecular weight excluding hydrogens is 270 g/mol. The van der Waals surface area contributed by atoms with Crippen LogP contribution in [-0.4, -0.2) is 54.2 Å². The van der Waals surface area contributed by atoms with E-state index in [2.05, 4.69) is 22.5 Å². The first-order valence-electron chi connectivity index (χ1n) is 7.99. The average molecular weight is 299 g/mol.